The largest absolute Gasteiger partial charge is 0.494 e. The van der Waals surface area contributed by atoms with Crippen LogP contribution in [-0.2, 0) is 14.3 Å². The van der Waals surface area contributed by atoms with Crippen LogP contribution in [0.1, 0.15) is 12.5 Å². The number of aryl methyl sites for hydroxylation is 1. The molecule has 148 valence electrons. The molecule has 9 nitrogen and oxygen atoms in total. The fourth-order valence-corrected chi connectivity index (χ4v) is 2.21. The number of hydrogen-bond donors (Lipinski definition) is 1. The normalized spacial score (nSPS) is 10.1. The van der Waals surface area contributed by atoms with Crippen molar-refractivity contribution in [3.8, 4) is 11.5 Å². The Hall–Kier alpha value is -3.62. The van der Waals surface area contributed by atoms with Crippen molar-refractivity contribution < 1.29 is 28.7 Å². The Bertz CT molecular complexity index is 850. The molecule has 0 atom stereocenters. The number of carbonyl (C=O) groups is 2. The highest BCUT2D eigenvalue weighted by Crippen LogP contribution is 2.22. The molecule has 0 radical (unpaired) electrons. The first-order valence-corrected chi connectivity index (χ1v) is 8.45. The molecule has 2 aromatic carbocycles. The topological polar surface area (TPSA) is 117 Å². The van der Waals surface area contributed by atoms with Crippen LogP contribution >= 0.6 is 0 Å². The van der Waals surface area contributed by atoms with Crippen molar-refractivity contribution >= 4 is 23.3 Å². The molecule has 0 bridgehead atoms. The van der Waals surface area contributed by atoms with Crippen LogP contribution in [0.5, 0.6) is 11.5 Å². The number of benzene rings is 2. The first-order valence-electron chi connectivity index (χ1n) is 8.45. The highest BCUT2D eigenvalue weighted by atomic mass is 16.6. The minimum atomic E-state index is -0.723. The number of nitro groups is 1. The molecule has 0 aromatic heterocycles. The van der Waals surface area contributed by atoms with Gasteiger partial charge in [-0.2, -0.15) is 0 Å². The van der Waals surface area contributed by atoms with Crippen molar-refractivity contribution in [3.05, 3.63) is 58.1 Å². The lowest BCUT2D eigenvalue weighted by molar-refractivity contribution is -0.385. The van der Waals surface area contributed by atoms with Gasteiger partial charge in [-0.15, -0.1) is 0 Å². The molecule has 0 aliphatic heterocycles. The first kappa shape index (κ1) is 20.7. The summed E-state index contributed by atoms with van der Waals surface area (Å²) in [5, 5.41) is 13.4. The summed E-state index contributed by atoms with van der Waals surface area (Å²) in [6.07, 6.45) is 0. The average Bonchev–Trinajstić information content (AvgIpc) is 2.67. The monoisotopic (exact) mass is 388 g/mol. The standard InChI is InChI=1S/C19H20N2O7/c1-3-26-15-6-8-16(9-7-15)27-12-19(23)28-11-18(22)20-14-5-4-13(2)17(10-14)21(24)25/h4-10H,3,11-12H2,1-2H3,(H,20,22). The first-order chi connectivity index (χ1) is 13.4. The Morgan fingerprint density at radius 3 is 2.29 bits per heavy atom. The Labute approximate surface area is 161 Å². The third kappa shape index (κ3) is 6.27. The van der Waals surface area contributed by atoms with Gasteiger partial charge in [0.25, 0.3) is 11.6 Å². The molecule has 2 aromatic rings. The second kappa shape index (κ2) is 9.91. The van der Waals surface area contributed by atoms with Gasteiger partial charge in [-0.05, 0) is 44.2 Å². The maximum atomic E-state index is 11.8. The smallest absolute Gasteiger partial charge is 0.344 e. The molecule has 1 N–H and O–H groups in total. The third-order valence-electron chi connectivity index (χ3n) is 3.55. The Balaban J connectivity index is 1.77. The van der Waals surface area contributed by atoms with Gasteiger partial charge in [0.2, 0.25) is 0 Å². The summed E-state index contributed by atoms with van der Waals surface area (Å²) in [7, 11) is 0. The molecule has 0 saturated carbocycles. The van der Waals surface area contributed by atoms with Crippen molar-refractivity contribution in [3.63, 3.8) is 0 Å². The number of ether oxygens (including phenoxy) is 3. The molecule has 0 aliphatic carbocycles. The van der Waals surface area contributed by atoms with Crippen molar-refractivity contribution in [2.75, 3.05) is 25.1 Å². The van der Waals surface area contributed by atoms with Crippen LogP contribution in [-0.4, -0.2) is 36.6 Å². The zero-order valence-corrected chi connectivity index (χ0v) is 15.5. The number of carbonyl (C=O) groups excluding carboxylic acids is 2. The Morgan fingerprint density at radius 1 is 1.04 bits per heavy atom. The lowest BCUT2D eigenvalue weighted by Crippen LogP contribution is -2.23. The van der Waals surface area contributed by atoms with Crippen LogP contribution in [0, 0.1) is 17.0 Å². The summed E-state index contributed by atoms with van der Waals surface area (Å²) in [6.45, 7) is 3.11. The molecule has 28 heavy (non-hydrogen) atoms. The van der Waals surface area contributed by atoms with Gasteiger partial charge in [-0.3, -0.25) is 14.9 Å². The van der Waals surface area contributed by atoms with Crippen LogP contribution in [0.2, 0.25) is 0 Å². The van der Waals surface area contributed by atoms with Gasteiger partial charge in [-0.25, -0.2) is 4.79 Å². The zero-order chi connectivity index (χ0) is 20.5. The zero-order valence-electron chi connectivity index (χ0n) is 15.5. The molecule has 9 heteroatoms. The lowest BCUT2D eigenvalue weighted by atomic mass is 10.2. The summed E-state index contributed by atoms with van der Waals surface area (Å²) in [6, 6.07) is 11.0. The van der Waals surface area contributed by atoms with Crippen molar-refractivity contribution in [2.45, 2.75) is 13.8 Å². The van der Waals surface area contributed by atoms with Crippen LogP contribution in [0.25, 0.3) is 0 Å². The van der Waals surface area contributed by atoms with E-state index in [0.717, 1.165) is 0 Å². The van der Waals surface area contributed by atoms with E-state index in [4.69, 9.17) is 14.2 Å². The van der Waals surface area contributed by atoms with E-state index in [1.165, 1.54) is 18.2 Å². The molecule has 0 fully saturated rings. The maximum absolute atomic E-state index is 11.8. The lowest BCUT2D eigenvalue weighted by Gasteiger charge is -2.09. The summed E-state index contributed by atoms with van der Waals surface area (Å²) in [4.78, 5) is 33.9. The number of rotatable bonds is 9. The Morgan fingerprint density at radius 2 is 1.68 bits per heavy atom. The number of esters is 1. The van der Waals surface area contributed by atoms with Crippen LogP contribution in [0.3, 0.4) is 0 Å². The van der Waals surface area contributed by atoms with E-state index in [-0.39, 0.29) is 18.0 Å². The van der Waals surface area contributed by atoms with Crippen LogP contribution in [0.15, 0.2) is 42.5 Å². The predicted molar refractivity (Wildman–Crippen MR) is 101 cm³/mol. The number of hydrogen-bond acceptors (Lipinski definition) is 7. The molecule has 0 unspecified atom stereocenters. The van der Waals surface area contributed by atoms with E-state index in [9.17, 15) is 19.7 Å². The minimum absolute atomic E-state index is 0.112. The third-order valence-corrected chi connectivity index (χ3v) is 3.55. The fourth-order valence-electron chi connectivity index (χ4n) is 2.21. The van der Waals surface area contributed by atoms with E-state index in [2.05, 4.69) is 5.32 Å². The Kier molecular flexibility index (Phi) is 7.32. The molecule has 0 heterocycles. The van der Waals surface area contributed by atoms with Crippen LogP contribution in [0.4, 0.5) is 11.4 Å². The number of anilines is 1. The second-order valence-corrected chi connectivity index (χ2v) is 5.66. The predicted octanol–water partition coefficient (Wildman–Crippen LogP) is 2.86. The van der Waals surface area contributed by atoms with E-state index >= 15 is 0 Å². The summed E-state index contributed by atoms with van der Waals surface area (Å²) >= 11 is 0. The molecule has 1 amide bonds. The van der Waals surface area contributed by atoms with Gasteiger partial charge in [0.15, 0.2) is 13.2 Å². The van der Waals surface area contributed by atoms with Crippen molar-refractivity contribution in [1.82, 2.24) is 0 Å². The van der Waals surface area contributed by atoms with E-state index < -0.39 is 23.4 Å². The van der Waals surface area contributed by atoms with Gasteiger partial charge in [0.1, 0.15) is 11.5 Å². The van der Waals surface area contributed by atoms with E-state index in [1.807, 2.05) is 6.92 Å². The second-order valence-electron chi connectivity index (χ2n) is 5.66. The molecule has 0 aliphatic rings. The van der Waals surface area contributed by atoms with Gasteiger partial charge in [-0.1, -0.05) is 6.07 Å². The number of nitrogens with one attached hydrogen (secondary N) is 1. The molecule has 0 saturated heterocycles. The quantitative estimate of drug-likeness (QED) is 0.399. The highest BCUT2D eigenvalue weighted by Gasteiger charge is 2.13. The fraction of sp³-hybridized carbons (Fsp3) is 0.263. The summed E-state index contributed by atoms with van der Waals surface area (Å²) in [5.74, 6) is -0.200. The van der Waals surface area contributed by atoms with Gasteiger partial charge in [0.05, 0.1) is 11.5 Å². The van der Waals surface area contributed by atoms with Crippen molar-refractivity contribution in [1.29, 1.82) is 0 Å². The SMILES string of the molecule is CCOc1ccc(OCC(=O)OCC(=O)Nc2ccc(C)c([N+](=O)[O-])c2)cc1. The molecule has 0 spiro atoms. The van der Waals surface area contributed by atoms with Gasteiger partial charge >= 0.3 is 5.97 Å². The van der Waals surface area contributed by atoms with E-state index in [0.29, 0.717) is 23.7 Å². The number of nitrogens with zero attached hydrogens (tertiary/aromatic N) is 1. The minimum Gasteiger partial charge on any atom is -0.494 e. The highest BCUT2D eigenvalue weighted by molar-refractivity contribution is 5.93. The molecular formula is C19H20N2O7. The number of nitro benzene ring substituents is 1. The van der Waals surface area contributed by atoms with E-state index in [1.54, 1.807) is 31.2 Å². The molecule has 2 rings (SSSR count). The van der Waals surface area contributed by atoms with Crippen molar-refractivity contribution in [2.24, 2.45) is 0 Å². The van der Waals surface area contributed by atoms with Gasteiger partial charge in [0, 0.05) is 17.3 Å². The van der Waals surface area contributed by atoms with Gasteiger partial charge < -0.3 is 19.5 Å². The molecular weight excluding hydrogens is 368 g/mol. The summed E-state index contributed by atoms with van der Waals surface area (Å²) < 4.78 is 15.4. The van der Waals surface area contributed by atoms with Crippen LogP contribution < -0.4 is 14.8 Å². The average molecular weight is 388 g/mol. The summed E-state index contributed by atoms with van der Waals surface area (Å²) in [5.41, 5.74) is 0.600. The maximum Gasteiger partial charge on any atom is 0.344 e. The number of amides is 1.